The molecule has 3 rings (SSSR count). The zero-order valence-electron chi connectivity index (χ0n) is 14.5. The van der Waals surface area contributed by atoms with Crippen molar-refractivity contribution in [1.82, 2.24) is 20.5 Å². The zero-order chi connectivity index (χ0) is 16.9. The summed E-state index contributed by atoms with van der Waals surface area (Å²) in [6.45, 7) is 1.96. The smallest absolute Gasteiger partial charge is 0.275 e. The predicted molar refractivity (Wildman–Crippen MR) is 91.6 cm³/mol. The molecule has 1 amide bonds. The molecule has 1 heterocycles. The van der Waals surface area contributed by atoms with E-state index in [1.165, 1.54) is 19.3 Å². The van der Waals surface area contributed by atoms with Crippen LogP contribution in [0.2, 0.25) is 0 Å². The Hall–Kier alpha value is -1.72. The van der Waals surface area contributed by atoms with E-state index in [0.29, 0.717) is 23.9 Å². The Bertz CT molecular complexity index is 616. The summed E-state index contributed by atoms with van der Waals surface area (Å²) in [5.41, 5.74) is 0.131. The summed E-state index contributed by atoms with van der Waals surface area (Å²) in [5, 5.41) is 11.5. The standard InChI is InChI=1S/C18H28N4O2/c1-2-14(19-17(23)13-10-4-3-5-11-13)15-18(24)20-16(22-21-15)12-8-6-7-9-12/h12-14H,2-11H2,1H3,(H,19,23)(H,20,22,24). The van der Waals surface area contributed by atoms with Gasteiger partial charge >= 0.3 is 0 Å². The minimum absolute atomic E-state index is 0.0580. The monoisotopic (exact) mass is 332 g/mol. The molecule has 0 spiro atoms. The van der Waals surface area contributed by atoms with Crippen LogP contribution in [0.15, 0.2) is 4.79 Å². The summed E-state index contributed by atoms with van der Waals surface area (Å²) in [5.74, 6) is 1.17. The molecule has 0 radical (unpaired) electrons. The number of amides is 1. The summed E-state index contributed by atoms with van der Waals surface area (Å²) in [4.78, 5) is 27.8. The van der Waals surface area contributed by atoms with Crippen LogP contribution in [-0.4, -0.2) is 21.1 Å². The number of nitrogens with zero attached hydrogens (tertiary/aromatic N) is 2. The van der Waals surface area contributed by atoms with E-state index in [0.717, 1.165) is 38.5 Å². The van der Waals surface area contributed by atoms with E-state index in [9.17, 15) is 9.59 Å². The van der Waals surface area contributed by atoms with Crippen molar-refractivity contribution in [2.75, 3.05) is 0 Å². The zero-order valence-corrected chi connectivity index (χ0v) is 14.5. The lowest BCUT2D eigenvalue weighted by molar-refractivity contribution is -0.126. The van der Waals surface area contributed by atoms with Gasteiger partial charge in [0.1, 0.15) is 5.82 Å². The van der Waals surface area contributed by atoms with Crippen molar-refractivity contribution in [2.45, 2.75) is 83.1 Å². The van der Waals surface area contributed by atoms with Crippen molar-refractivity contribution in [1.29, 1.82) is 0 Å². The van der Waals surface area contributed by atoms with E-state index in [-0.39, 0.29) is 23.4 Å². The molecule has 2 saturated carbocycles. The first kappa shape index (κ1) is 17.1. The molecule has 1 unspecified atom stereocenters. The molecule has 2 N–H and O–H groups in total. The number of H-pyrrole nitrogens is 1. The predicted octanol–water partition coefficient (Wildman–Crippen LogP) is 2.97. The lowest BCUT2D eigenvalue weighted by atomic mass is 9.88. The van der Waals surface area contributed by atoms with Gasteiger partial charge in [0, 0.05) is 11.8 Å². The summed E-state index contributed by atoms with van der Waals surface area (Å²) >= 11 is 0. The van der Waals surface area contributed by atoms with Gasteiger partial charge in [0.05, 0.1) is 6.04 Å². The van der Waals surface area contributed by atoms with Crippen molar-refractivity contribution in [3.63, 3.8) is 0 Å². The molecular weight excluding hydrogens is 304 g/mol. The Morgan fingerprint density at radius 1 is 1.12 bits per heavy atom. The molecule has 132 valence electrons. The van der Waals surface area contributed by atoms with Crippen LogP contribution in [0, 0.1) is 5.92 Å². The number of aromatic nitrogens is 3. The maximum absolute atomic E-state index is 12.5. The first-order valence-corrected chi connectivity index (χ1v) is 9.46. The van der Waals surface area contributed by atoms with Gasteiger partial charge in [0.15, 0.2) is 5.69 Å². The van der Waals surface area contributed by atoms with Crippen molar-refractivity contribution in [3.05, 3.63) is 21.9 Å². The van der Waals surface area contributed by atoms with Gasteiger partial charge in [-0.05, 0) is 32.1 Å². The van der Waals surface area contributed by atoms with Crippen LogP contribution >= 0.6 is 0 Å². The topological polar surface area (TPSA) is 87.7 Å². The lowest BCUT2D eigenvalue weighted by Gasteiger charge is -2.23. The fraction of sp³-hybridized carbons (Fsp3) is 0.778. The fourth-order valence-electron chi connectivity index (χ4n) is 3.99. The highest BCUT2D eigenvalue weighted by atomic mass is 16.2. The molecule has 6 heteroatoms. The number of aromatic amines is 1. The first-order valence-electron chi connectivity index (χ1n) is 9.46. The van der Waals surface area contributed by atoms with Gasteiger partial charge in [-0.2, -0.15) is 0 Å². The maximum Gasteiger partial charge on any atom is 0.275 e. The Morgan fingerprint density at radius 2 is 1.79 bits per heavy atom. The number of carbonyl (C=O) groups is 1. The fourth-order valence-corrected chi connectivity index (χ4v) is 3.99. The van der Waals surface area contributed by atoms with E-state index in [1.54, 1.807) is 0 Å². The van der Waals surface area contributed by atoms with Crippen molar-refractivity contribution in [3.8, 4) is 0 Å². The molecule has 0 aliphatic heterocycles. The van der Waals surface area contributed by atoms with E-state index in [1.807, 2.05) is 6.92 Å². The number of hydrogen-bond acceptors (Lipinski definition) is 4. The molecule has 24 heavy (non-hydrogen) atoms. The van der Waals surface area contributed by atoms with Gasteiger partial charge in [-0.15, -0.1) is 10.2 Å². The molecule has 2 aliphatic rings. The number of rotatable bonds is 5. The number of carbonyl (C=O) groups excluding carboxylic acids is 1. The summed E-state index contributed by atoms with van der Waals surface area (Å²) in [7, 11) is 0. The lowest BCUT2D eigenvalue weighted by Crippen LogP contribution is -2.38. The van der Waals surface area contributed by atoms with Crippen molar-refractivity contribution < 1.29 is 4.79 Å². The van der Waals surface area contributed by atoms with Crippen LogP contribution in [-0.2, 0) is 4.79 Å². The Labute approximate surface area is 142 Å². The van der Waals surface area contributed by atoms with Gasteiger partial charge in [0.25, 0.3) is 5.56 Å². The third kappa shape index (κ3) is 3.84. The maximum atomic E-state index is 12.5. The molecule has 2 fully saturated rings. The SMILES string of the molecule is CCC(NC(=O)C1CCCCC1)c1nnc(C2CCCC2)[nH]c1=O. The second-order valence-electron chi connectivity index (χ2n) is 7.21. The molecule has 2 aliphatic carbocycles. The first-order chi connectivity index (χ1) is 11.7. The van der Waals surface area contributed by atoms with Crippen LogP contribution < -0.4 is 10.9 Å². The van der Waals surface area contributed by atoms with E-state index in [4.69, 9.17) is 0 Å². The third-order valence-corrected chi connectivity index (χ3v) is 5.51. The minimum Gasteiger partial charge on any atom is -0.347 e. The summed E-state index contributed by atoms with van der Waals surface area (Å²) < 4.78 is 0. The molecule has 0 aromatic carbocycles. The molecule has 1 atom stereocenters. The Kier molecular flexibility index (Phi) is 5.63. The second kappa shape index (κ2) is 7.90. The molecule has 0 bridgehead atoms. The quantitative estimate of drug-likeness (QED) is 0.867. The Balaban J connectivity index is 1.70. The molecule has 6 nitrogen and oxygen atoms in total. The van der Waals surface area contributed by atoms with Gasteiger partial charge in [0.2, 0.25) is 5.91 Å². The van der Waals surface area contributed by atoms with Crippen LogP contribution in [0.25, 0.3) is 0 Å². The highest BCUT2D eigenvalue weighted by molar-refractivity contribution is 5.79. The third-order valence-electron chi connectivity index (χ3n) is 5.51. The average molecular weight is 332 g/mol. The molecule has 1 aromatic rings. The van der Waals surface area contributed by atoms with Crippen molar-refractivity contribution >= 4 is 5.91 Å². The van der Waals surface area contributed by atoms with E-state index < -0.39 is 0 Å². The van der Waals surface area contributed by atoms with Crippen molar-refractivity contribution in [2.24, 2.45) is 5.92 Å². The van der Waals surface area contributed by atoms with Gasteiger partial charge in [-0.3, -0.25) is 9.59 Å². The molecular formula is C18H28N4O2. The average Bonchev–Trinajstić information content (AvgIpc) is 3.15. The molecule has 0 saturated heterocycles. The largest absolute Gasteiger partial charge is 0.347 e. The number of nitrogens with one attached hydrogen (secondary N) is 2. The van der Waals surface area contributed by atoms with Crippen LogP contribution in [0.4, 0.5) is 0 Å². The van der Waals surface area contributed by atoms with E-state index >= 15 is 0 Å². The van der Waals surface area contributed by atoms with Gasteiger partial charge in [-0.1, -0.05) is 39.0 Å². The van der Waals surface area contributed by atoms with Crippen LogP contribution in [0.1, 0.15) is 94.6 Å². The van der Waals surface area contributed by atoms with Crippen LogP contribution in [0.5, 0.6) is 0 Å². The Morgan fingerprint density at radius 3 is 2.42 bits per heavy atom. The minimum atomic E-state index is -0.353. The molecule has 1 aromatic heterocycles. The van der Waals surface area contributed by atoms with Crippen LogP contribution in [0.3, 0.4) is 0 Å². The highest BCUT2D eigenvalue weighted by Crippen LogP contribution is 2.31. The normalized spacial score (nSPS) is 20.9. The van der Waals surface area contributed by atoms with E-state index in [2.05, 4.69) is 20.5 Å². The summed E-state index contributed by atoms with van der Waals surface area (Å²) in [6, 6.07) is -0.353. The summed E-state index contributed by atoms with van der Waals surface area (Å²) in [6.07, 6.45) is 10.5. The van der Waals surface area contributed by atoms with Gasteiger partial charge in [-0.25, -0.2) is 0 Å². The highest BCUT2D eigenvalue weighted by Gasteiger charge is 2.26. The van der Waals surface area contributed by atoms with Gasteiger partial charge < -0.3 is 10.3 Å². The second-order valence-corrected chi connectivity index (χ2v) is 7.21. The number of hydrogen-bond donors (Lipinski definition) is 2.